The van der Waals surface area contributed by atoms with Crippen molar-refractivity contribution < 1.29 is 0 Å². The average molecular weight is 188 g/mol. The Balaban J connectivity index is 1.95. The van der Waals surface area contributed by atoms with Crippen molar-refractivity contribution in [1.29, 1.82) is 0 Å². The summed E-state index contributed by atoms with van der Waals surface area (Å²) in [5.41, 5.74) is 0. The molecule has 0 aliphatic heterocycles. The molecule has 0 saturated carbocycles. The third-order valence-corrected chi connectivity index (χ3v) is 2.57. The summed E-state index contributed by atoms with van der Waals surface area (Å²) in [6.45, 7) is 2.24. The monoisotopic (exact) mass is 187 g/mol. The smallest absolute Gasteiger partial charge is 0.0235 e. The van der Waals surface area contributed by atoms with Gasteiger partial charge in [-0.3, -0.25) is 0 Å². The van der Waals surface area contributed by atoms with Crippen LogP contribution in [0.4, 0.5) is 0 Å². The van der Waals surface area contributed by atoms with Gasteiger partial charge in [0.05, 0.1) is 0 Å². The van der Waals surface area contributed by atoms with Gasteiger partial charge in [0, 0.05) is 5.88 Å². The molecule has 1 aliphatic carbocycles. The second-order valence-electron chi connectivity index (χ2n) is 3.40. The van der Waals surface area contributed by atoms with Gasteiger partial charge in [-0.2, -0.15) is 0 Å². The third-order valence-electron chi connectivity index (χ3n) is 2.30. The minimum absolute atomic E-state index is 0.775. The molecule has 0 amide bonds. The Kier molecular flexibility index (Phi) is 5.46. The number of hydrogen-bond acceptors (Lipinski definition) is 1. The van der Waals surface area contributed by atoms with Crippen LogP contribution < -0.4 is 5.32 Å². The topological polar surface area (TPSA) is 12.0 Å². The summed E-state index contributed by atoms with van der Waals surface area (Å²) in [6, 6.07) is 0. The van der Waals surface area contributed by atoms with E-state index in [1.165, 1.54) is 25.8 Å². The maximum Gasteiger partial charge on any atom is 0.0235 e. The van der Waals surface area contributed by atoms with Crippen LogP contribution in [0.5, 0.6) is 0 Å². The van der Waals surface area contributed by atoms with Crippen LogP contribution in [-0.2, 0) is 0 Å². The second kappa shape index (κ2) is 6.50. The summed E-state index contributed by atoms with van der Waals surface area (Å²) >= 11 is 5.57. The highest BCUT2D eigenvalue weighted by Crippen LogP contribution is 2.16. The molecular weight excluding hydrogens is 170 g/mol. The Morgan fingerprint density at radius 1 is 1.42 bits per heavy atom. The summed E-state index contributed by atoms with van der Waals surface area (Å²) < 4.78 is 0. The maximum absolute atomic E-state index is 5.57. The SMILES string of the molecule is ClCCCNC[C@H]1CC=CCC1. The summed E-state index contributed by atoms with van der Waals surface area (Å²) in [5, 5.41) is 3.44. The fourth-order valence-corrected chi connectivity index (χ4v) is 1.67. The third kappa shape index (κ3) is 4.13. The van der Waals surface area contributed by atoms with Crippen molar-refractivity contribution in [2.45, 2.75) is 25.7 Å². The molecule has 0 saturated heterocycles. The number of alkyl halides is 1. The lowest BCUT2D eigenvalue weighted by Gasteiger charge is -2.17. The van der Waals surface area contributed by atoms with E-state index < -0.39 is 0 Å². The molecule has 1 aliphatic rings. The van der Waals surface area contributed by atoms with Crippen LogP contribution in [0.1, 0.15) is 25.7 Å². The largest absolute Gasteiger partial charge is 0.316 e. The molecule has 70 valence electrons. The predicted octanol–water partition coefficient (Wildman–Crippen LogP) is 2.56. The van der Waals surface area contributed by atoms with Gasteiger partial charge in [-0.1, -0.05) is 12.2 Å². The second-order valence-corrected chi connectivity index (χ2v) is 3.78. The first-order chi connectivity index (χ1) is 5.93. The molecule has 12 heavy (non-hydrogen) atoms. The van der Waals surface area contributed by atoms with Crippen LogP contribution in [0.2, 0.25) is 0 Å². The van der Waals surface area contributed by atoms with Gasteiger partial charge in [0.2, 0.25) is 0 Å². The van der Waals surface area contributed by atoms with Gasteiger partial charge in [-0.05, 0) is 44.7 Å². The van der Waals surface area contributed by atoms with E-state index in [0.29, 0.717) is 0 Å². The highest BCUT2D eigenvalue weighted by molar-refractivity contribution is 6.17. The minimum atomic E-state index is 0.775. The summed E-state index contributed by atoms with van der Waals surface area (Å²) in [6.07, 6.45) is 9.55. The van der Waals surface area contributed by atoms with Crippen molar-refractivity contribution in [1.82, 2.24) is 5.32 Å². The van der Waals surface area contributed by atoms with Crippen molar-refractivity contribution in [2.24, 2.45) is 5.92 Å². The number of nitrogens with one attached hydrogen (secondary N) is 1. The summed E-state index contributed by atoms with van der Waals surface area (Å²) in [4.78, 5) is 0. The van der Waals surface area contributed by atoms with Crippen LogP contribution in [0.15, 0.2) is 12.2 Å². The number of allylic oxidation sites excluding steroid dienone is 2. The first-order valence-corrected chi connectivity index (χ1v) is 5.38. The van der Waals surface area contributed by atoms with Gasteiger partial charge in [0.25, 0.3) is 0 Å². The first-order valence-electron chi connectivity index (χ1n) is 4.85. The van der Waals surface area contributed by atoms with Crippen molar-refractivity contribution in [3.8, 4) is 0 Å². The quantitative estimate of drug-likeness (QED) is 0.396. The lowest BCUT2D eigenvalue weighted by Crippen LogP contribution is -2.24. The standard InChI is InChI=1S/C10H18ClN/c11-7-4-8-12-9-10-5-2-1-3-6-10/h1-2,10,12H,3-9H2/t10-/m0/s1. The van der Waals surface area contributed by atoms with Crippen molar-refractivity contribution in [2.75, 3.05) is 19.0 Å². The van der Waals surface area contributed by atoms with Gasteiger partial charge < -0.3 is 5.32 Å². The Bertz CT molecular complexity index is 134. The van der Waals surface area contributed by atoms with E-state index in [1.807, 2.05) is 0 Å². The normalized spacial score (nSPS) is 22.9. The van der Waals surface area contributed by atoms with Crippen LogP contribution in [-0.4, -0.2) is 19.0 Å². The van der Waals surface area contributed by atoms with Crippen LogP contribution in [0.3, 0.4) is 0 Å². The fourth-order valence-electron chi connectivity index (χ4n) is 1.54. The lowest BCUT2D eigenvalue weighted by molar-refractivity contribution is 0.441. The molecule has 0 heterocycles. The van der Waals surface area contributed by atoms with Gasteiger partial charge in [-0.15, -0.1) is 11.6 Å². The fraction of sp³-hybridized carbons (Fsp3) is 0.800. The number of rotatable bonds is 5. The van der Waals surface area contributed by atoms with Crippen LogP contribution in [0.25, 0.3) is 0 Å². The molecule has 0 aromatic heterocycles. The Morgan fingerprint density at radius 2 is 2.33 bits per heavy atom. The molecule has 2 heteroatoms. The zero-order valence-electron chi connectivity index (χ0n) is 7.56. The van der Waals surface area contributed by atoms with Gasteiger partial charge in [-0.25, -0.2) is 0 Å². The van der Waals surface area contributed by atoms with Gasteiger partial charge in [0.1, 0.15) is 0 Å². The van der Waals surface area contributed by atoms with E-state index in [1.54, 1.807) is 0 Å². The summed E-state index contributed by atoms with van der Waals surface area (Å²) in [5.74, 6) is 1.64. The van der Waals surface area contributed by atoms with E-state index in [2.05, 4.69) is 17.5 Å². The molecule has 1 nitrogen and oxygen atoms in total. The highest BCUT2D eigenvalue weighted by Gasteiger charge is 2.07. The first kappa shape index (κ1) is 10.1. The molecule has 0 aromatic rings. The Labute approximate surface area is 80.2 Å². The van der Waals surface area contributed by atoms with Gasteiger partial charge >= 0.3 is 0 Å². The Hall–Kier alpha value is -0.0100. The van der Waals surface area contributed by atoms with Crippen LogP contribution >= 0.6 is 11.6 Å². The molecule has 0 spiro atoms. The molecule has 0 unspecified atom stereocenters. The maximum atomic E-state index is 5.57. The number of halogens is 1. The molecule has 0 radical (unpaired) electrons. The molecule has 1 atom stereocenters. The zero-order valence-corrected chi connectivity index (χ0v) is 8.32. The van der Waals surface area contributed by atoms with E-state index in [4.69, 9.17) is 11.6 Å². The zero-order chi connectivity index (χ0) is 8.65. The highest BCUT2D eigenvalue weighted by atomic mass is 35.5. The predicted molar refractivity (Wildman–Crippen MR) is 54.7 cm³/mol. The minimum Gasteiger partial charge on any atom is -0.316 e. The molecule has 1 rings (SSSR count). The van der Waals surface area contributed by atoms with Crippen molar-refractivity contribution in [3.63, 3.8) is 0 Å². The van der Waals surface area contributed by atoms with Crippen molar-refractivity contribution >= 4 is 11.6 Å². The average Bonchev–Trinajstić information content (AvgIpc) is 2.14. The molecule has 1 N–H and O–H groups in total. The van der Waals surface area contributed by atoms with E-state index in [9.17, 15) is 0 Å². The molecule has 0 fully saturated rings. The van der Waals surface area contributed by atoms with Crippen molar-refractivity contribution in [3.05, 3.63) is 12.2 Å². The lowest BCUT2D eigenvalue weighted by atomic mass is 9.94. The summed E-state index contributed by atoms with van der Waals surface area (Å²) in [7, 11) is 0. The molecular formula is C10H18ClN. The van der Waals surface area contributed by atoms with E-state index in [-0.39, 0.29) is 0 Å². The molecule has 0 bridgehead atoms. The van der Waals surface area contributed by atoms with Gasteiger partial charge in [0.15, 0.2) is 0 Å². The van der Waals surface area contributed by atoms with E-state index >= 15 is 0 Å². The Morgan fingerprint density at radius 3 is 3.00 bits per heavy atom. The van der Waals surface area contributed by atoms with Crippen LogP contribution in [0, 0.1) is 5.92 Å². The van der Waals surface area contributed by atoms with E-state index in [0.717, 1.165) is 24.8 Å². The molecule has 0 aromatic carbocycles. The number of hydrogen-bond donors (Lipinski definition) is 1.